The third-order valence-corrected chi connectivity index (χ3v) is 7.79. The molecule has 1 aliphatic rings. The second-order valence-corrected chi connectivity index (χ2v) is 10.6. The molecule has 1 saturated heterocycles. The van der Waals surface area contributed by atoms with Crippen LogP contribution in [-0.2, 0) is 10.0 Å². The lowest BCUT2D eigenvalue weighted by Gasteiger charge is -2.32. The maximum absolute atomic E-state index is 13.4. The molecule has 37 heavy (non-hydrogen) atoms. The maximum Gasteiger partial charge on any atom is 0.335 e. The highest BCUT2D eigenvalue weighted by molar-refractivity contribution is 7.92. The van der Waals surface area contributed by atoms with E-state index in [1.807, 2.05) is 0 Å². The molecule has 0 aromatic heterocycles. The molecular formula is C28H34N2O6S. The summed E-state index contributed by atoms with van der Waals surface area (Å²) in [6.45, 7) is 2.30. The Morgan fingerprint density at radius 1 is 0.919 bits per heavy atom. The van der Waals surface area contributed by atoms with Crippen LogP contribution in [0.2, 0.25) is 0 Å². The van der Waals surface area contributed by atoms with Crippen molar-refractivity contribution in [3.05, 3.63) is 90.5 Å². The molecule has 0 spiro atoms. The van der Waals surface area contributed by atoms with Crippen LogP contribution < -0.4 is 9.04 Å². The Labute approximate surface area is 218 Å². The van der Waals surface area contributed by atoms with Gasteiger partial charge in [-0.25, -0.2) is 13.2 Å². The van der Waals surface area contributed by atoms with Gasteiger partial charge in [0.25, 0.3) is 10.0 Å². The quantitative estimate of drug-likeness (QED) is 0.432. The molecule has 0 bridgehead atoms. The highest BCUT2D eigenvalue weighted by atomic mass is 32.2. The Balaban J connectivity index is 0.000000356. The number of ether oxygens (including phenoxy) is 1. The first kappa shape index (κ1) is 28.2. The summed E-state index contributed by atoms with van der Waals surface area (Å²) in [6.07, 6.45) is 2.64. The molecule has 2 N–H and O–H groups in total. The normalized spacial score (nSPS) is 14.6. The number of carboxylic acid groups (broad SMARTS) is 1. The van der Waals surface area contributed by atoms with Crippen LogP contribution in [0, 0.1) is 0 Å². The summed E-state index contributed by atoms with van der Waals surface area (Å²) in [7, 11) is -2.34. The number of rotatable bonds is 9. The summed E-state index contributed by atoms with van der Waals surface area (Å²) in [5.41, 5.74) is 0.754. The number of piperidine rings is 1. The average Bonchev–Trinajstić information content (AvgIpc) is 2.93. The zero-order valence-electron chi connectivity index (χ0n) is 20.9. The number of anilines is 1. The summed E-state index contributed by atoms with van der Waals surface area (Å²) in [4.78, 5) is 12.6. The van der Waals surface area contributed by atoms with Gasteiger partial charge in [-0.3, -0.25) is 4.31 Å². The van der Waals surface area contributed by atoms with Gasteiger partial charge in [0.05, 0.1) is 35.9 Å². The van der Waals surface area contributed by atoms with E-state index in [1.54, 1.807) is 84.9 Å². The molecule has 0 saturated carbocycles. The van der Waals surface area contributed by atoms with Gasteiger partial charge in [0.15, 0.2) is 0 Å². The van der Waals surface area contributed by atoms with Crippen LogP contribution in [0.5, 0.6) is 5.75 Å². The van der Waals surface area contributed by atoms with Crippen molar-refractivity contribution in [2.45, 2.75) is 30.3 Å². The summed E-state index contributed by atoms with van der Waals surface area (Å²) in [5, 5.41) is 19.1. The average molecular weight is 527 g/mol. The molecule has 0 aliphatic carbocycles. The molecule has 9 heteroatoms. The van der Waals surface area contributed by atoms with Crippen molar-refractivity contribution in [3.8, 4) is 5.75 Å². The van der Waals surface area contributed by atoms with Crippen LogP contribution in [0.25, 0.3) is 0 Å². The van der Waals surface area contributed by atoms with Crippen LogP contribution in [0.1, 0.15) is 29.6 Å². The second-order valence-electron chi connectivity index (χ2n) is 8.71. The van der Waals surface area contributed by atoms with Gasteiger partial charge in [-0.1, -0.05) is 55.0 Å². The fraction of sp³-hybridized carbons (Fsp3) is 0.321. The van der Waals surface area contributed by atoms with Crippen molar-refractivity contribution >= 4 is 21.7 Å². The summed E-state index contributed by atoms with van der Waals surface area (Å²) < 4.78 is 33.4. The highest BCUT2D eigenvalue weighted by Gasteiger charge is 2.29. The van der Waals surface area contributed by atoms with Gasteiger partial charge in [0, 0.05) is 6.54 Å². The number of nitrogens with zero attached hydrogens (tertiary/aromatic N) is 2. The number of hydrogen-bond acceptors (Lipinski definition) is 6. The van der Waals surface area contributed by atoms with Gasteiger partial charge >= 0.3 is 5.97 Å². The fourth-order valence-electron chi connectivity index (χ4n) is 4.15. The number of sulfonamides is 1. The third-order valence-electron chi connectivity index (χ3n) is 6.00. The Hall–Kier alpha value is -3.40. The number of carbonyl (C=O) groups is 1. The van der Waals surface area contributed by atoms with Crippen molar-refractivity contribution in [1.82, 2.24) is 4.90 Å². The van der Waals surface area contributed by atoms with Crippen LogP contribution in [0.4, 0.5) is 5.69 Å². The van der Waals surface area contributed by atoms with E-state index in [0.29, 0.717) is 23.5 Å². The van der Waals surface area contributed by atoms with Crippen molar-refractivity contribution in [1.29, 1.82) is 0 Å². The topological polar surface area (TPSA) is 107 Å². The molecule has 1 fully saturated rings. The number of benzene rings is 3. The molecule has 0 amide bonds. The predicted molar refractivity (Wildman–Crippen MR) is 144 cm³/mol. The Kier molecular flexibility index (Phi) is 10.5. The standard InChI is InChI=1S/C21H28N2O4S.C7H6O2/c1-27-21-13-7-6-12-20(21)23(28(25,26)19-10-4-2-5-11-19)17-18(24)16-22-14-8-3-9-15-22;8-7(9)6-4-2-1-3-5-6/h2,4-7,10-13,18,24H,3,8-9,14-17H2,1H3;1-5H,(H,8,9). The van der Waals surface area contributed by atoms with E-state index in [1.165, 1.54) is 17.8 Å². The Bertz CT molecular complexity index is 1220. The zero-order chi connectivity index (χ0) is 26.7. The minimum Gasteiger partial charge on any atom is -0.495 e. The van der Waals surface area contributed by atoms with E-state index in [0.717, 1.165) is 25.9 Å². The second kappa shape index (κ2) is 13.8. The number of aromatic carboxylic acids is 1. The zero-order valence-corrected chi connectivity index (χ0v) is 21.8. The molecule has 1 unspecified atom stereocenters. The van der Waals surface area contributed by atoms with Crippen LogP contribution >= 0.6 is 0 Å². The number of para-hydroxylation sites is 2. The van der Waals surface area contributed by atoms with E-state index >= 15 is 0 Å². The first-order chi connectivity index (χ1) is 17.8. The number of likely N-dealkylation sites (tertiary alicyclic amines) is 1. The molecular weight excluding hydrogens is 492 g/mol. The summed E-state index contributed by atoms with van der Waals surface area (Å²) >= 11 is 0. The molecule has 1 heterocycles. The fourth-order valence-corrected chi connectivity index (χ4v) is 5.69. The van der Waals surface area contributed by atoms with Crippen molar-refractivity contribution < 1.29 is 28.2 Å². The van der Waals surface area contributed by atoms with E-state index in [4.69, 9.17) is 9.84 Å². The van der Waals surface area contributed by atoms with E-state index in [-0.39, 0.29) is 11.4 Å². The van der Waals surface area contributed by atoms with E-state index in [2.05, 4.69) is 4.90 Å². The van der Waals surface area contributed by atoms with Gasteiger partial charge in [-0.05, 0) is 62.3 Å². The first-order valence-electron chi connectivity index (χ1n) is 12.2. The maximum atomic E-state index is 13.4. The van der Waals surface area contributed by atoms with Crippen molar-refractivity contribution in [2.75, 3.05) is 37.6 Å². The molecule has 4 rings (SSSR count). The monoisotopic (exact) mass is 526 g/mol. The number of carboxylic acids is 1. The first-order valence-corrected chi connectivity index (χ1v) is 13.7. The van der Waals surface area contributed by atoms with Crippen molar-refractivity contribution in [2.24, 2.45) is 0 Å². The third kappa shape index (κ3) is 8.04. The smallest absolute Gasteiger partial charge is 0.335 e. The molecule has 198 valence electrons. The highest BCUT2D eigenvalue weighted by Crippen LogP contribution is 2.32. The van der Waals surface area contributed by atoms with Gasteiger partial charge < -0.3 is 19.8 Å². The number of β-amino-alcohol motifs (C(OH)–C–C–N with tert-alkyl or cyclic N) is 1. The Morgan fingerprint density at radius 3 is 2.05 bits per heavy atom. The minimum atomic E-state index is -3.85. The predicted octanol–water partition coefficient (Wildman–Crippen LogP) is 4.12. The molecule has 1 aliphatic heterocycles. The number of methoxy groups -OCH3 is 1. The lowest BCUT2D eigenvalue weighted by Crippen LogP contribution is -2.44. The number of aliphatic hydroxyl groups is 1. The molecule has 3 aromatic carbocycles. The molecule has 1 atom stereocenters. The van der Waals surface area contributed by atoms with Crippen LogP contribution in [0.3, 0.4) is 0 Å². The number of hydrogen-bond donors (Lipinski definition) is 2. The van der Waals surface area contributed by atoms with E-state index in [9.17, 15) is 18.3 Å². The molecule has 3 aromatic rings. The Morgan fingerprint density at radius 2 is 1.49 bits per heavy atom. The van der Waals surface area contributed by atoms with E-state index < -0.39 is 22.1 Å². The SMILES string of the molecule is COc1ccccc1N(CC(O)CN1CCCCC1)S(=O)(=O)c1ccccc1.O=C(O)c1ccccc1. The largest absolute Gasteiger partial charge is 0.495 e. The van der Waals surface area contributed by atoms with Gasteiger partial charge in [0.2, 0.25) is 0 Å². The van der Waals surface area contributed by atoms with Crippen LogP contribution in [0.15, 0.2) is 89.8 Å². The summed E-state index contributed by atoms with van der Waals surface area (Å²) in [6, 6.07) is 23.6. The number of aliphatic hydroxyl groups excluding tert-OH is 1. The lowest BCUT2D eigenvalue weighted by atomic mass is 10.1. The van der Waals surface area contributed by atoms with Crippen LogP contribution in [-0.4, -0.2) is 68.9 Å². The minimum absolute atomic E-state index is 0.0336. The molecule has 0 radical (unpaired) electrons. The summed E-state index contributed by atoms with van der Waals surface area (Å²) in [5.74, 6) is -0.428. The van der Waals surface area contributed by atoms with Crippen molar-refractivity contribution in [3.63, 3.8) is 0 Å². The molecule has 8 nitrogen and oxygen atoms in total. The lowest BCUT2D eigenvalue weighted by molar-refractivity contribution is 0.0697. The van der Waals surface area contributed by atoms with Gasteiger partial charge in [-0.2, -0.15) is 0 Å². The van der Waals surface area contributed by atoms with Gasteiger partial charge in [0.1, 0.15) is 5.75 Å². The van der Waals surface area contributed by atoms with Gasteiger partial charge in [-0.15, -0.1) is 0 Å².